The fraction of sp³-hybridized carbons (Fsp3) is 0.333. The van der Waals surface area contributed by atoms with E-state index in [9.17, 15) is 19.2 Å². The van der Waals surface area contributed by atoms with E-state index in [0.29, 0.717) is 0 Å². The Hall–Kier alpha value is -3.88. The number of aliphatic carboxylic acids is 1. The van der Waals surface area contributed by atoms with Crippen molar-refractivity contribution in [1.82, 2.24) is 16.0 Å². The number of alkyl carbamates (subject to hydrolysis) is 1. The number of nitrogens with one attached hydrogen (secondary N) is 3. The molecule has 1 saturated carbocycles. The number of carboxylic acid groups (broad SMARTS) is 1. The molecule has 33 heavy (non-hydrogen) atoms. The van der Waals surface area contributed by atoms with Crippen LogP contribution in [-0.2, 0) is 19.1 Å². The van der Waals surface area contributed by atoms with Crippen LogP contribution in [0.25, 0.3) is 11.1 Å². The topological polar surface area (TPSA) is 134 Å². The van der Waals surface area contributed by atoms with E-state index in [1.807, 2.05) is 48.5 Å². The van der Waals surface area contributed by atoms with Gasteiger partial charge in [-0.05, 0) is 41.0 Å². The quantitative estimate of drug-likeness (QED) is 0.458. The predicted molar refractivity (Wildman–Crippen MR) is 118 cm³/mol. The number of ether oxygens (including phenoxy) is 1. The third-order valence-corrected chi connectivity index (χ3v) is 5.86. The summed E-state index contributed by atoms with van der Waals surface area (Å²) in [5, 5.41) is 16.2. The molecule has 4 N–H and O–H groups in total. The van der Waals surface area contributed by atoms with Crippen molar-refractivity contribution in [3.63, 3.8) is 0 Å². The third-order valence-electron chi connectivity index (χ3n) is 5.86. The molecule has 172 valence electrons. The summed E-state index contributed by atoms with van der Waals surface area (Å²) in [6.45, 7) is -0.613. The Balaban J connectivity index is 1.20. The minimum absolute atomic E-state index is 0.0580. The number of hydrogen-bond donors (Lipinski definition) is 4. The van der Waals surface area contributed by atoms with Crippen LogP contribution in [-0.4, -0.2) is 54.7 Å². The van der Waals surface area contributed by atoms with E-state index in [4.69, 9.17) is 9.84 Å². The van der Waals surface area contributed by atoms with E-state index in [2.05, 4.69) is 16.0 Å². The Morgan fingerprint density at radius 1 is 0.879 bits per heavy atom. The second-order valence-electron chi connectivity index (χ2n) is 8.18. The third kappa shape index (κ3) is 5.31. The van der Waals surface area contributed by atoms with Gasteiger partial charge in [-0.1, -0.05) is 48.5 Å². The zero-order valence-corrected chi connectivity index (χ0v) is 17.9. The molecule has 0 spiro atoms. The molecule has 0 bridgehead atoms. The zero-order valence-electron chi connectivity index (χ0n) is 17.9. The molecule has 3 amide bonds. The number of amides is 3. The van der Waals surface area contributed by atoms with Crippen LogP contribution >= 0.6 is 0 Å². The molecule has 2 aromatic carbocycles. The van der Waals surface area contributed by atoms with Crippen molar-refractivity contribution < 1.29 is 29.0 Å². The first-order chi connectivity index (χ1) is 15.9. The number of hydrogen-bond acceptors (Lipinski definition) is 5. The molecule has 0 saturated heterocycles. The maximum atomic E-state index is 12.1. The summed E-state index contributed by atoms with van der Waals surface area (Å²) in [4.78, 5) is 47.1. The van der Waals surface area contributed by atoms with Crippen LogP contribution < -0.4 is 16.0 Å². The smallest absolute Gasteiger partial charge is 0.407 e. The molecule has 0 radical (unpaired) electrons. The Morgan fingerprint density at radius 3 is 2.03 bits per heavy atom. The Kier molecular flexibility index (Phi) is 6.58. The number of carbonyl (C=O) groups excluding carboxylic acids is 3. The number of fused-ring (bicyclic) bond motifs is 3. The minimum Gasteiger partial charge on any atom is -0.480 e. The molecule has 2 aromatic rings. The Bertz CT molecular complexity index is 1040. The average molecular weight is 451 g/mol. The molecule has 9 nitrogen and oxygen atoms in total. The van der Waals surface area contributed by atoms with E-state index in [-0.39, 0.29) is 31.5 Å². The fourth-order valence-electron chi connectivity index (χ4n) is 4.08. The maximum absolute atomic E-state index is 12.1. The summed E-state index contributed by atoms with van der Waals surface area (Å²) >= 11 is 0. The van der Waals surface area contributed by atoms with Crippen LogP contribution in [0.15, 0.2) is 48.5 Å². The number of rotatable bonds is 9. The van der Waals surface area contributed by atoms with Gasteiger partial charge in [-0.2, -0.15) is 0 Å². The van der Waals surface area contributed by atoms with Crippen molar-refractivity contribution in [2.24, 2.45) is 5.92 Å². The summed E-state index contributed by atoms with van der Waals surface area (Å²) in [6, 6.07) is 15.0. The molecule has 0 heterocycles. The van der Waals surface area contributed by atoms with Crippen molar-refractivity contribution in [1.29, 1.82) is 0 Å². The molecule has 9 heteroatoms. The maximum Gasteiger partial charge on any atom is 0.407 e. The molecular weight excluding hydrogens is 426 g/mol. The fourth-order valence-corrected chi connectivity index (χ4v) is 4.08. The van der Waals surface area contributed by atoms with Gasteiger partial charge in [0.1, 0.15) is 19.2 Å². The second kappa shape index (κ2) is 9.72. The normalized spacial score (nSPS) is 15.0. The molecule has 2 aliphatic carbocycles. The first-order valence-corrected chi connectivity index (χ1v) is 10.8. The SMILES string of the molecule is O=C(CNC(=O)OCC1c2ccccc2-c2ccccc21)NCC(=O)NC(C(=O)O)C1CC1. The highest BCUT2D eigenvalue weighted by Crippen LogP contribution is 2.44. The number of carbonyl (C=O) groups is 4. The van der Waals surface area contributed by atoms with Crippen molar-refractivity contribution >= 4 is 23.9 Å². The molecule has 1 fully saturated rings. The molecule has 2 aliphatic rings. The first kappa shape index (κ1) is 22.3. The van der Waals surface area contributed by atoms with E-state index in [1.54, 1.807) is 0 Å². The minimum atomic E-state index is -1.09. The number of carboxylic acids is 1. The van der Waals surface area contributed by atoms with E-state index < -0.39 is 29.9 Å². The molecule has 4 rings (SSSR count). The lowest BCUT2D eigenvalue weighted by Gasteiger charge is -2.15. The van der Waals surface area contributed by atoms with Crippen LogP contribution in [0.4, 0.5) is 4.79 Å². The highest BCUT2D eigenvalue weighted by Gasteiger charge is 2.37. The lowest BCUT2D eigenvalue weighted by Crippen LogP contribution is -2.47. The van der Waals surface area contributed by atoms with Crippen LogP contribution in [0.5, 0.6) is 0 Å². The highest BCUT2D eigenvalue weighted by atomic mass is 16.5. The van der Waals surface area contributed by atoms with E-state index in [1.165, 1.54) is 0 Å². The van der Waals surface area contributed by atoms with Crippen LogP contribution in [0, 0.1) is 5.92 Å². The van der Waals surface area contributed by atoms with Gasteiger partial charge in [-0.3, -0.25) is 9.59 Å². The average Bonchev–Trinajstić information content (AvgIpc) is 3.60. The predicted octanol–water partition coefficient (Wildman–Crippen LogP) is 1.62. The summed E-state index contributed by atoms with van der Waals surface area (Å²) < 4.78 is 5.35. The van der Waals surface area contributed by atoms with Gasteiger partial charge in [-0.15, -0.1) is 0 Å². The Labute approximate surface area is 190 Å². The lowest BCUT2D eigenvalue weighted by molar-refractivity contribution is -0.142. The van der Waals surface area contributed by atoms with Crippen molar-refractivity contribution in [2.75, 3.05) is 19.7 Å². The zero-order chi connectivity index (χ0) is 23.4. The van der Waals surface area contributed by atoms with Gasteiger partial charge >= 0.3 is 12.1 Å². The van der Waals surface area contributed by atoms with Gasteiger partial charge in [0.15, 0.2) is 0 Å². The van der Waals surface area contributed by atoms with Crippen LogP contribution in [0.2, 0.25) is 0 Å². The molecular formula is C24H25N3O6. The van der Waals surface area contributed by atoms with Gasteiger partial charge in [-0.25, -0.2) is 9.59 Å². The number of benzene rings is 2. The monoisotopic (exact) mass is 451 g/mol. The van der Waals surface area contributed by atoms with Gasteiger partial charge < -0.3 is 25.8 Å². The summed E-state index contributed by atoms with van der Waals surface area (Å²) in [7, 11) is 0. The van der Waals surface area contributed by atoms with Crippen LogP contribution in [0.3, 0.4) is 0 Å². The first-order valence-electron chi connectivity index (χ1n) is 10.8. The van der Waals surface area contributed by atoms with Gasteiger partial charge in [0.05, 0.1) is 6.54 Å². The summed E-state index contributed by atoms with van der Waals surface area (Å²) in [5.41, 5.74) is 4.40. The molecule has 0 aromatic heterocycles. The second-order valence-corrected chi connectivity index (χ2v) is 8.18. The largest absolute Gasteiger partial charge is 0.480 e. The van der Waals surface area contributed by atoms with Gasteiger partial charge in [0.25, 0.3) is 0 Å². The van der Waals surface area contributed by atoms with Gasteiger partial charge in [0, 0.05) is 5.92 Å². The molecule has 1 unspecified atom stereocenters. The van der Waals surface area contributed by atoms with Crippen LogP contribution in [0.1, 0.15) is 29.9 Å². The Morgan fingerprint density at radius 2 is 1.45 bits per heavy atom. The van der Waals surface area contributed by atoms with Crippen molar-refractivity contribution in [3.05, 3.63) is 59.7 Å². The lowest BCUT2D eigenvalue weighted by atomic mass is 9.98. The summed E-state index contributed by atoms with van der Waals surface area (Å²) in [6.07, 6.45) is 0.776. The molecule has 0 aliphatic heterocycles. The van der Waals surface area contributed by atoms with Crippen molar-refractivity contribution in [2.45, 2.75) is 24.8 Å². The van der Waals surface area contributed by atoms with E-state index >= 15 is 0 Å². The van der Waals surface area contributed by atoms with Gasteiger partial charge in [0.2, 0.25) is 11.8 Å². The van der Waals surface area contributed by atoms with E-state index in [0.717, 1.165) is 35.1 Å². The summed E-state index contributed by atoms with van der Waals surface area (Å²) in [5.74, 6) is -2.42. The standard InChI is InChI=1S/C24H25N3O6/c28-20(25-12-21(29)27-22(23(30)31)14-9-10-14)11-26-24(32)33-13-19-17-7-3-1-5-15(17)16-6-2-4-8-18(16)19/h1-8,14,19,22H,9-13H2,(H,25,28)(H,26,32)(H,27,29)(H,30,31). The highest BCUT2D eigenvalue weighted by molar-refractivity contribution is 5.89. The van der Waals surface area contributed by atoms with Crippen molar-refractivity contribution in [3.8, 4) is 11.1 Å². The molecule has 1 atom stereocenters.